The number of hydrogen-bond donors (Lipinski definition) is 2. The van der Waals surface area contributed by atoms with Gasteiger partial charge in [0.2, 0.25) is 0 Å². The Morgan fingerprint density at radius 2 is 2.09 bits per heavy atom. The predicted octanol–water partition coefficient (Wildman–Crippen LogP) is 2.68. The van der Waals surface area contributed by atoms with Gasteiger partial charge in [0.25, 0.3) is 5.91 Å². The van der Waals surface area contributed by atoms with E-state index in [-0.39, 0.29) is 24.5 Å². The first-order valence-electron chi connectivity index (χ1n) is 8.30. The molecule has 0 spiro atoms. The van der Waals surface area contributed by atoms with Gasteiger partial charge in [-0.2, -0.15) is 0 Å². The molecule has 0 unspecified atom stereocenters. The molecule has 2 N–H and O–H groups in total. The van der Waals surface area contributed by atoms with Crippen LogP contribution in [0.5, 0.6) is 0 Å². The van der Waals surface area contributed by atoms with Gasteiger partial charge in [-0.3, -0.25) is 14.5 Å². The maximum absolute atomic E-state index is 12.3. The average molecular weight is 338 g/mol. The smallest absolute Gasteiger partial charge is 0.317 e. The molecule has 128 valence electrons. The summed E-state index contributed by atoms with van der Waals surface area (Å²) in [6.45, 7) is 6.98. The highest BCUT2D eigenvalue weighted by Gasteiger charge is 2.34. The third kappa shape index (κ3) is 4.54. The summed E-state index contributed by atoms with van der Waals surface area (Å²) < 4.78 is 0. The first kappa shape index (κ1) is 17.9. The van der Waals surface area contributed by atoms with Crippen molar-refractivity contribution in [3.05, 3.63) is 21.4 Å². The van der Waals surface area contributed by atoms with Crippen molar-refractivity contribution in [1.29, 1.82) is 0 Å². The molecule has 1 saturated carbocycles. The van der Waals surface area contributed by atoms with Crippen LogP contribution in [0.2, 0.25) is 0 Å². The largest absolute Gasteiger partial charge is 0.480 e. The van der Waals surface area contributed by atoms with Crippen molar-refractivity contribution in [2.45, 2.75) is 58.5 Å². The van der Waals surface area contributed by atoms with Crippen LogP contribution in [0.25, 0.3) is 0 Å². The molecule has 1 aromatic rings. The molecule has 1 aliphatic carbocycles. The monoisotopic (exact) mass is 338 g/mol. The second kappa shape index (κ2) is 7.93. The zero-order valence-electron chi connectivity index (χ0n) is 14.1. The highest BCUT2D eigenvalue weighted by Crippen LogP contribution is 2.27. The minimum Gasteiger partial charge on any atom is -0.480 e. The Morgan fingerprint density at radius 3 is 2.65 bits per heavy atom. The Bertz CT molecular complexity index is 564. The SMILES string of the molecule is CCCc1cc(C(=O)NC2CC(N(CC)CC(=O)O)C2)sc1C. The van der Waals surface area contributed by atoms with E-state index in [1.807, 2.05) is 17.9 Å². The number of carboxylic acid groups (broad SMARTS) is 1. The second-order valence-corrected chi connectivity index (χ2v) is 7.45. The number of rotatable bonds is 8. The van der Waals surface area contributed by atoms with Gasteiger partial charge in [-0.05, 0) is 44.4 Å². The van der Waals surface area contributed by atoms with Crippen molar-refractivity contribution < 1.29 is 14.7 Å². The average Bonchev–Trinajstić information content (AvgIpc) is 2.82. The van der Waals surface area contributed by atoms with E-state index in [1.54, 1.807) is 11.3 Å². The topological polar surface area (TPSA) is 69.6 Å². The van der Waals surface area contributed by atoms with Gasteiger partial charge in [-0.15, -0.1) is 11.3 Å². The van der Waals surface area contributed by atoms with E-state index in [0.717, 1.165) is 37.1 Å². The molecule has 2 rings (SSSR count). The van der Waals surface area contributed by atoms with Crippen LogP contribution in [-0.2, 0) is 11.2 Å². The summed E-state index contributed by atoms with van der Waals surface area (Å²) in [7, 11) is 0. The Kier molecular flexibility index (Phi) is 6.18. The number of amides is 1. The number of carboxylic acids is 1. The lowest BCUT2D eigenvalue weighted by Crippen LogP contribution is -2.54. The molecule has 1 fully saturated rings. The van der Waals surface area contributed by atoms with Crippen LogP contribution in [0, 0.1) is 6.92 Å². The Labute approximate surface area is 141 Å². The molecule has 0 radical (unpaired) electrons. The lowest BCUT2D eigenvalue weighted by atomic mass is 9.85. The molecule has 23 heavy (non-hydrogen) atoms. The molecule has 0 saturated heterocycles. The molecule has 0 atom stereocenters. The fourth-order valence-electron chi connectivity index (χ4n) is 3.08. The van der Waals surface area contributed by atoms with E-state index >= 15 is 0 Å². The number of thiophene rings is 1. The van der Waals surface area contributed by atoms with Crippen molar-refractivity contribution in [3.63, 3.8) is 0 Å². The van der Waals surface area contributed by atoms with Crippen LogP contribution in [0.4, 0.5) is 0 Å². The molecule has 0 aliphatic heterocycles. The van der Waals surface area contributed by atoms with Crippen molar-refractivity contribution in [1.82, 2.24) is 10.2 Å². The van der Waals surface area contributed by atoms with Gasteiger partial charge in [-0.1, -0.05) is 20.3 Å². The van der Waals surface area contributed by atoms with E-state index in [2.05, 4.69) is 19.2 Å². The molecule has 5 nitrogen and oxygen atoms in total. The van der Waals surface area contributed by atoms with Crippen LogP contribution in [0.15, 0.2) is 6.07 Å². The summed E-state index contributed by atoms with van der Waals surface area (Å²) in [6, 6.07) is 2.44. The van der Waals surface area contributed by atoms with Crippen LogP contribution in [0.3, 0.4) is 0 Å². The Morgan fingerprint density at radius 1 is 1.39 bits per heavy atom. The van der Waals surface area contributed by atoms with Gasteiger partial charge in [0, 0.05) is 17.0 Å². The van der Waals surface area contributed by atoms with Gasteiger partial charge in [0.05, 0.1) is 11.4 Å². The van der Waals surface area contributed by atoms with E-state index in [4.69, 9.17) is 5.11 Å². The highest BCUT2D eigenvalue weighted by atomic mass is 32.1. The minimum atomic E-state index is -0.795. The first-order valence-corrected chi connectivity index (χ1v) is 9.12. The summed E-state index contributed by atoms with van der Waals surface area (Å²) in [5.74, 6) is -0.790. The van der Waals surface area contributed by atoms with Gasteiger partial charge >= 0.3 is 5.97 Å². The van der Waals surface area contributed by atoms with Crippen LogP contribution in [0.1, 0.15) is 53.2 Å². The molecule has 6 heteroatoms. The predicted molar refractivity (Wildman–Crippen MR) is 92.2 cm³/mol. The molecular formula is C17H26N2O3S. The Balaban J connectivity index is 1.84. The lowest BCUT2D eigenvalue weighted by Gasteiger charge is -2.42. The highest BCUT2D eigenvalue weighted by molar-refractivity contribution is 7.14. The molecule has 1 aliphatic rings. The third-order valence-corrected chi connectivity index (χ3v) is 5.56. The maximum atomic E-state index is 12.3. The van der Waals surface area contributed by atoms with E-state index in [9.17, 15) is 9.59 Å². The number of carbonyl (C=O) groups is 2. The van der Waals surface area contributed by atoms with Crippen LogP contribution >= 0.6 is 11.3 Å². The van der Waals surface area contributed by atoms with Gasteiger partial charge in [-0.25, -0.2) is 0 Å². The molecule has 0 aromatic carbocycles. The molecule has 0 bridgehead atoms. The van der Waals surface area contributed by atoms with Gasteiger partial charge < -0.3 is 10.4 Å². The summed E-state index contributed by atoms with van der Waals surface area (Å²) in [6.07, 6.45) is 3.76. The number of aryl methyl sites for hydroxylation is 2. The fraction of sp³-hybridized carbons (Fsp3) is 0.647. The summed E-state index contributed by atoms with van der Waals surface area (Å²) in [5, 5.41) is 12.0. The van der Waals surface area contributed by atoms with Crippen LogP contribution in [-0.4, -0.2) is 47.1 Å². The maximum Gasteiger partial charge on any atom is 0.317 e. The third-order valence-electron chi connectivity index (χ3n) is 4.47. The number of hydrogen-bond acceptors (Lipinski definition) is 4. The quantitative estimate of drug-likeness (QED) is 0.764. The zero-order chi connectivity index (χ0) is 17.0. The number of aliphatic carboxylic acids is 1. The first-order chi connectivity index (χ1) is 10.9. The summed E-state index contributed by atoms with van der Waals surface area (Å²) in [5.41, 5.74) is 1.27. The number of nitrogens with zero attached hydrogens (tertiary/aromatic N) is 1. The number of likely N-dealkylation sites (N-methyl/N-ethyl adjacent to an activating group) is 1. The minimum absolute atomic E-state index is 0.00480. The number of carbonyl (C=O) groups excluding carboxylic acids is 1. The van der Waals surface area contributed by atoms with Crippen molar-refractivity contribution in [2.24, 2.45) is 0 Å². The van der Waals surface area contributed by atoms with E-state index < -0.39 is 5.97 Å². The van der Waals surface area contributed by atoms with Gasteiger partial charge in [0.15, 0.2) is 0 Å². The molecule has 1 aromatic heterocycles. The normalized spacial score (nSPS) is 20.3. The fourth-order valence-corrected chi connectivity index (χ4v) is 4.06. The van der Waals surface area contributed by atoms with Gasteiger partial charge in [0.1, 0.15) is 0 Å². The molecule has 1 heterocycles. The molecule has 1 amide bonds. The zero-order valence-corrected chi connectivity index (χ0v) is 14.9. The lowest BCUT2D eigenvalue weighted by molar-refractivity contribution is -0.139. The molecular weight excluding hydrogens is 312 g/mol. The summed E-state index contributed by atoms with van der Waals surface area (Å²) in [4.78, 5) is 27.1. The second-order valence-electron chi connectivity index (χ2n) is 6.19. The standard InChI is InChI=1S/C17H26N2O3S/c1-4-6-12-7-15(23-11(12)3)17(22)18-13-8-14(9-13)19(5-2)10-16(20)21/h7,13-14H,4-6,8-10H2,1-3H3,(H,18,22)(H,20,21). The van der Waals surface area contributed by atoms with E-state index in [0.29, 0.717) is 0 Å². The number of nitrogens with one attached hydrogen (secondary N) is 1. The Hall–Kier alpha value is -1.40. The van der Waals surface area contributed by atoms with E-state index in [1.165, 1.54) is 10.4 Å². The van der Waals surface area contributed by atoms with Crippen molar-refractivity contribution in [2.75, 3.05) is 13.1 Å². The van der Waals surface area contributed by atoms with Crippen molar-refractivity contribution >= 4 is 23.2 Å². The van der Waals surface area contributed by atoms with Crippen molar-refractivity contribution in [3.8, 4) is 0 Å². The summed E-state index contributed by atoms with van der Waals surface area (Å²) >= 11 is 1.56. The van der Waals surface area contributed by atoms with Crippen LogP contribution < -0.4 is 5.32 Å².